The summed E-state index contributed by atoms with van der Waals surface area (Å²) in [6, 6.07) is 0. The van der Waals surface area contributed by atoms with E-state index in [2.05, 4.69) is 10.3 Å². The first-order valence-electron chi connectivity index (χ1n) is 6.16. The number of thiazole rings is 1. The van der Waals surface area contributed by atoms with Crippen molar-refractivity contribution in [3.05, 3.63) is 16.6 Å². The predicted octanol–water partition coefficient (Wildman–Crippen LogP) is 2.31. The van der Waals surface area contributed by atoms with Crippen LogP contribution < -0.4 is 11.1 Å². The Morgan fingerprint density at radius 2 is 2.05 bits per heavy atom. The minimum absolute atomic E-state index is 0. The van der Waals surface area contributed by atoms with Gasteiger partial charge in [-0.05, 0) is 12.8 Å². The number of hydrogen-bond donors (Lipinski definition) is 2. The van der Waals surface area contributed by atoms with Crippen molar-refractivity contribution < 1.29 is 4.79 Å². The lowest BCUT2D eigenvalue weighted by Crippen LogP contribution is -2.55. The maximum Gasteiger partial charge on any atom is 0.240 e. The molecule has 0 aliphatic heterocycles. The summed E-state index contributed by atoms with van der Waals surface area (Å²) < 4.78 is 0. The number of hydrogen-bond acceptors (Lipinski definition) is 4. The standard InChI is InChI=1S/C12H19N3OS.2ClH/c13-12(5-2-1-3-6-12)11(16)15-7-4-10-14-8-9-17-10;;/h8-9H,1-7,13H2,(H,15,16);2*1H. The van der Waals surface area contributed by atoms with Crippen molar-refractivity contribution >= 4 is 42.1 Å². The van der Waals surface area contributed by atoms with E-state index >= 15 is 0 Å². The van der Waals surface area contributed by atoms with Gasteiger partial charge in [-0.2, -0.15) is 0 Å². The van der Waals surface area contributed by atoms with Crippen LogP contribution in [0, 0.1) is 0 Å². The number of halogens is 2. The van der Waals surface area contributed by atoms with E-state index in [1.165, 1.54) is 6.42 Å². The first-order valence-corrected chi connectivity index (χ1v) is 7.04. The molecule has 3 N–H and O–H groups in total. The normalized spacial score (nSPS) is 16.9. The SMILES string of the molecule is Cl.Cl.NC1(C(=O)NCCc2nccs2)CCCCC1. The van der Waals surface area contributed by atoms with E-state index in [0.29, 0.717) is 6.54 Å². The van der Waals surface area contributed by atoms with Crippen LogP contribution in [0.4, 0.5) is 0 Å². The molecule has 0 aromatic carbocycles. The van der Waals surface area contributed by atoms with Crippen LogP contribution in [0.1, 0.15) is 37.1 Å². The highest BCUT2D eigenvalue weighted by Crippen LogP contribution is 2.25. The van der Waals surface area contributed by atoms with Crippen molar-refractivity contribution in [3.8, 4) is 0 Å². The summed E-state index contributed by atoms with van der Waals surface area (Å²) >= 11 is 1.62. The molecule has 4 nitrogen and oxygen atoms in total. The fourth-order valence-electron chi connectivity index (χ4n) is 2.25. The molecule has 0 saturated heterocycles. The van der Waals surface area contributed by atoms with Gasteiger partial charge >= 0.3 is 0 Å². The van der Waals surface area contributed by atoms with Crippen LogP contribution >= 0.6 is 36.2 Å². The molecule has 0 atom stereocenters. The Balaban J connectivity index is 0.00000162. The molecule has 0 unspecified atom stereocenters. The zero-order valence-electron chi connectivity index (χ0n) is 10.8. The van der Waals surface area contributed by atoms with Crippen molar-refractivity contribution in [2.75, 3.05) is 6.54 Å². The van der Waals surface area contributed by atoms with Gasteiger partial charge < -0.3 is 11.1 Å². The molecule has 2 rings (SSSR count). The Labute approximate surface area is 130 Å². The Morgan fingerprint density at radius 3 is 2.63 bits per heavy atom. The second-order valence-electron chi connectivity index (χ2n) is 4.65. The van der Waals surface area contributed by atoms with Gasteiger partial charge in [-0.25, -0.2) is 4.98 Å². The Kier molecular flexibility index (Phi) is 8.57. The maximum absolute atomic E-state index is 12.0. The van der Waals surface area contributed by atoms with Gasteiger partial charge in [0.25, 0.3) is 0 Å². The van der Waals surface area contributed by atoms with E-state index in [1.807, 2.05) is 5.38 Å². The molecular weight excluding hydrogens is 305 g/mol. The maximum atomic E-state index is 12.0. The highest BCUT2D eigenvalue weighted by atomic mass is 35.5. The summed E-state index contributed by atoms with van der Waals surface area (Å²) in [7, 11) is 0. The predicted molar refractivity (Wildman–Crippen MR) is 83.3 cm³/mol. The average molecular weight is 326 g/mol. The molecule has 7 heteroatoms. The number of carbonyl (C=O) groups is 1. The number of nitrogens with two attached hydrogens (primary N) is 1. The third kappa shape index (κ3) is 5.26. The first kappa shape index (κ1) is 18.6. The highest BCUT2D eigenvalue weighted by Gasteiger charge is 2.34. The monoisotopic (exact) mass is 325 g/mol. The molecule has 1 saturated carbocycles. The van der Waals surface area contributed by atoms with Gasteiger partial charge in [0, 0.05) is 24.5 Å². The van der Waals surface area contributed by atoms with Gasteiger partial charge in [-0.1, -0.05) is 19.3 Å². The molecule has 0 radical (unpaired) electrons. The van der Waals surface area contributed by atoms with Crippen LogP contribution in [-0.2, 0) is 11.2 Å². The van der Waals surface area contributed by atoms with E-state index in [1.54, 1.807) is 17.5 Å². The third-order valence-corrected chi connectivity index (χ3v) is 4.15. The summed E-state index contributed by atoms with van der Waals surface area (Å²) in [6.07, 6.45) is 7.54. The topological polar surface area (TPSA) is 68.0 Å². The van der Waals surface area contributed by atoms with Gasteiger partial charge in [0.05, 0.1) is 10.5 Å². The quantitative estimate of drug-likeness (QED) is 0.892. The van der Waals surface area contributed by atoms with E-state index in [4.69, 9.17) is 5.73 Å². The van der Waals surface area contributed by atoms with E-state index in [0.717, 1.165) is 37.1 Å². The van der Waals surface area contributed by atoms with Crippen molar-refractivity contribution in [1.82, 2.24) is 10.3 Å². The molecule has 110 valence electrons. The molecule has 1 aromatic heterocycles. The number of nitrogens with one attached hydrogen (secondary N) is 1. The summed E-state index contributed by atoms with van der Waals surface area (Å²) in [4.78, 5) is 16.2. The second-order valence-corrected chi connectivity index (χ2v) is 5.63. The molecule has 0 bridgehead atoms. The number of rotatable bonds is 4. The Hall–Kier alpha value is -0.360. The zero-order chi connectivity index (χ0) is 12.1. The lowest BCUT2D eigenvalue weighted by molar-refractivity contribution is -0.127. The summed E-state index contributed by atoms with van der Waals surface area (Å²) in [5, 5.41) is 5.94. The largest absolute Gasteiger partial charge is 0.354 e. The van der Waals surface area contributed by atoms with Gasteiger partial charge in [0.1, 0.15) is 0 Å². The zero-order valence-corrected chi connectivity index (χ0v) is 13.2. The molecule has 0 spiro atoms. The molecule has 1 heterocycles. The van der Waals surface area contributed by atoms with Crippen LogP contribution in [0.25, 0.3) is 0 Å². The molecule has 1 aliphatic carbocycles. The van der Waals surface area contributed by atoms with Gasteiger partial charge in [-0.15, -0.1) is 36.2 Å². The average Bonchev–Trinajstić information content (AvgIpc) is 2.83. The fourth-order valence-corrected chi connectivity index (χ4v) is 2.87. The van der Waals surface area contributed by atoms with E-state index < -0.39 is 5.54 Å². The molecule has 1 aromatic rings. The van der Waals surface area contributed by atoms with Crippen LogP contribution in [0.2, 0.25) is 0 Å². The summed E-state index contributed by atoms with van der Waals surface area (Å²) in [6.45, 7) is 0.630. The van der Waals surface area contributed by atoms with Gasteiger partial charge in [0.2, 0.25) is 5.91 Å². The van der Waals surface area contributed by atoms with Crippen LogP contribution in [0.5, 0.6) is 0 Å². The van der Waals surface area contributed by atoms with Crippen molar-refractivity contribution in [3.63, 3.8) is 0 Å². The van der Waals surface area contributed by atoms with Crippen LogP contribution in [0.15, 0.2) is 11.6 Å². The van der Waals surface area contributed by atoms with Crippen molar-refractivity contribution in [2.24, 2.45) is 5.73 Å². The van der Waals surface area contributed by atoms with E-state index in [-0.39, 0.29) is 30.7 Å². The van der Waals surface area contributed by atoms with Crippen molar-refractivity contribution in [2.45, 2.75) is 44.1 Å². The Bertz CT molecular complexity index is 367. The van der Waals surface area contributed by atoms with Gasteiger partial charge in [-0.3, -0.25) is 4.79 Å². The first-order chi connectivity index (χ1) is 8.21. The number of carbonyl (C=O) groups excluding carboxylic acids is 1. The summed E-state index contributed by atoms with van der Waals surface area (Å²) in [5.74, 6) is 0.00811. The molecule has 19 heavy (non-hydrogen) atoms. The number of aromatic nitrogens is 1. The lowest BCUT2D eigenvalue weighted by Gasteiger charge is -2.31. The van der Waals surface area contributed by atoms with Crippen molar-refractivity contribution in [1.29, 1.82) is 0 Å². The molecule has 1 amide bonds. The summed E-state index contributed by atoms with van der Waals surface area (Å²) in [5.41, 5.74) is 5.51. The Morgan fingerprint density at radius 1 is 1.37 bits per heavy atom. The number of nitrogens with zero attached hydrogens (tertiary/aromatic N) is 1. The second kappa shape index (κ2) is 8.74. The smallest absolute Gasteiger partial charge is 0.240 e. The fraction of sp³-hybridized carbons (Fsp3) is 0.667. The van der Waals surface area contributed by atoms with Gasteiger partial charge in [0.15, 0.2) is 0 Å². The minimum Gasteiger partial charge on any atom is -0.354 e. The van der Waals surface area contributed by atoms with Crippen LogP contribution in [-0.4, -0.2) is 23.0 Å². The van der Waals surface area contributed by atoms with Crippen LogP contribution in [0.3, 0.4) is 0 Å². The van der Waals surface area contributed by atoms with E-state index in [9.17, 15) is 4.79 Å². The molecule has 1 fully saturated rings. The molecule has 1 aliphatic rings. The minimum atomic E-state index is -0.624. The number of amides is 1. The highest BCUT2D eigenvalue weighted by molar-refractivity contribution is 7.09. The lowest BCUT2D eigenvalue weighted by atomic mass is 9.82. The third-order valence-electron chi connectivity index (χ3n) is 3.31. The molecular formula is C12H21Cl2N3OS.